The summed E-state index contributed by atoms with van der Waals surface area (Å²) in [5.41, 5.74) is -1.82. The van der Waals surface area contributed by atoms with Crippen LogP contribution in [0.25, 0.3) is 0 Å². The van der Waals surface area contributed by atoms with E-state index in [0.717, 1.165) is 18.2 Å². The molecule has 7 nitrogen and oxygen atoms in total. The molecule has 28 heavy (non-hydrogen) atoms. The molecule has 0 atom stereocenters. The van der Waals surface area contributed by atoms with Crippen molar-refractivity contribution in [2.75, 3.05) is 5.32 Å². The number of benzene rings is 2. The van der Waals surface area contributed by atoms with Gasteiger partial charge in [-0.05, 0) is 42.9 Å². The topological polar surface area (TPSA) is 104 Å². The van der Waals surface area contributed by atoms with Gasteiger partial charge in [0.15, 0.2) is 5.11 Å². The maximum Gasteiger partial charge on any atom is 0.416 e. The first-order valence-electron chi connectivity index (χ1n) is 7.36. The number of carbonyl (C=O) groups is 1. The van der Waals surface area contributed by atoms with Gasteiger partial charge in [0, 0.05) is 17.7 Å². The average Bonchev–Trinajstić information content (AvgIpc) is 2.55. The van der Waals surface area contributed by atoms with Crippen LogP contribution in [0.4, 0.5) is 24.5 Å². The summed E-state index contributed by atoms with van der Waals surface area (Å²) in [6.07, 6.45) is -4.63. The van der Waals surface area contributed by atoms with Crippen LogP contribution in [0.2, 0.25) is 5.02 Å². The molecule has 0 aromatic heterocycles. The Labute approximate surface area is 166 Å². The van der Waals surface area contributed by atoms with Gasteiger partial charge in [-0.2, -0.15) is 13.2 Å². The fourth-order valence-electron chi connectivity index (χ4n) is 2.20. The number of rotatable bonds is 3. The van der Waals surface area contributed by atoms with Crippen molar-refractivity contribution in [2.45, 2.75) is 13.1 Å². The van der Waals surface area contributed by atoms with Crippen molar-refractivity contribution in [2.24, 2.45) is 0 Å². The third kappa shape index (κ3) is 5.08. The molecule has 0 saturated heterocycles. The SMILES string of the molecule is Cc1cc(C(=O)NC(=S)Nc2cc([N+](=O)[O-])c(Cl)cc2O)cc(C(F)(F)F)c1. The number of aromatic hydroxyl groups is 1. The number of amides is 1. The van der Waals surface area contributed by atoms with E-state index in [1.54, 1.807) is 0 Å². The Kier molecular flexibility index (Phi) is 6.10. The number of nitro groups is 1. The number of nitro benzene ring substituents is 1. The van der Waals surface area contributed by atoms with Crippen LogP contribution in [-0.2, 0) is 6.18 Å². The van der Waals surface area contributed by atoms with Gasteiger partial charge in [-0.15, -0.1) is 0 Å². The molecule has 0 aliphatic carbocycles. The number of nitrogens with zero attached hydrogens (tertiary/aromatic N) is 1. The van der Waals surface area contributed by atoms with Gasteiger partial charge < -0.3 is 10.4 Å². The van der Waals surface area contributed by atoms with Crippen LogP contribution in [0.15, 0.2) is 30.3 Å². The highest BCUT2D eigenvalue weighted by Crippen LogP contribution is 2.35. The van der Waals surface area contributed by atoms with Crippen LogP contribution in [-0.4, -0.2) is 21.0 Å². The maximum absolute atomic E-state index is 12.9. The smallest absolute Gasteiger partial charge is 0.416 e. The number of halogens is 4. The minimum Gasteiger partial charge on any atom is -0.506 e. The van der Waals surface area contributed by atoms with Gasteiger partial charge in [-0.25, -0.2) is 0 Å². The fraction of sp³-hybridized carbons (Fsp3) is 0.125. The van der Waals surface area contributed by atoms with Crippen molar-refractivity contribution in [3.8, 4) is 5.75 Å². The van der Waals surface area contributed by atoms with Gasteiger partial charge in [0.05, 0.1) is 16.2 Å². The van der Waals surface area contributed by atoms with E-state index in [-0.39, 0.29) is 21.8 Å². The first-order chi connectivity index (χ1) is 12.9. The summed E-state index contributed by atoms with van der Waals surface area (Å²) >= 11 is 10.5. The number of hydrogen-bond acceptors (Lipinski definition) is 5. The molecule has 0 aliphatic rings. The highest BCUT2D eigenvalue weighted by atomic mass is 35.5. The molecule has 0 heterocycles. The second kappa shape index (κ2) is 7.98. The third-order valence-electron chi connectivity index (χ3n) is 3.40. The van der Waals surface area contributed by atoms with Gasteiger partial charge in [0.1, 0.15) is 10.8 Å². The van der Waals surface area contributed by atoms with Crippen LogP contribution in [0.3, 0.4) is 0 Å². The summed E-state index contributed by atoms with van der Waals surface area (Å²) in [5.74, 6) is -1.42. The van der Waals surface area contributed by atoms with Crippen molar-refractivity contribution >= 4 is 46.2 Å². The summed E-state index contributed by atoms with van der Waals surface area (Å²) in [4.78, 5) is 22.3. The summed E-state index contributed by atoms with van der Waals surface area (Å²) in [7, 11) is 0. The van der Waals surface area contributed by atoms with E-state index < -0.39 is 39.1 Å². The number of nitrogens with one attached hydrogen (secondary N) is 2. The molecule has 0 unspecified atom stereocenters. The van der Waals surface area contributed by atoms with Crippen molar-refractivity contribution in [1.29, 1.82) is 0 Å². The van der Waals surface area contributed by atoms with Crippen LogP contribution in [0, 0.1) is 17.0 Å². The Hall–Kier alpha value is -2.92. The van der Waals surface area contributed by atoms with Crippen LogP contribution >= 0.6 is 23.8 Å². The second-order valence-electron chi connectivity index (χ2n) is 5.57. The number of phenolic OH excluding ortho intramolecular Hbond substituents is 1. The molecule has 0 radical (unpaired) electrons. The lowest BCUT2D eigenvalue weighted by molar-refractivity contribution is -0.384. The molecule has 0 bridgehead atoms. The first-order valence-corrected chi connectivity index (χ1v) is 8.15. The Bertz CT molecular complexity index is 982. The van der Waals surface area contributed by atoms with E-state index in [9.17, 15) is 33.2 Å². The van der Waals surface area contributed by atoms with Crippen LogP contribution in [0.1, 0.15) is 21.5 Å². The van der Waals surface area contributed by atoms with Crippen molar-refractivity contribution in [3.05, 3.63) is 62.2 Å². The zero-order valence-corrected chi connectivity index (χ0v) is 15.5. The quantitative estimate of drug-likeness (QED) is 0.287. The molecular weight excluding hydrogens is 423 g/mol. The largest absolute Gasteiger partial charge is 0.506 e. The lowest BCUT2D eigenvalue weighted by atomic mass is 10.1. The monoisotopic (exact) mass is 433 g/mol. The molecule has 3 N–H and O–H groups in total. The van der Waals surface area contributed by atoms with E-state index in [1.165, 1.54) is 13.0 Å². The van der Waals surface area contributed by atoms with Gasteiger partial charge in [-0.3, -0.25) is 20.2 Å². The molecular formula is C16H11ClF3N3O4S. The lowest BCUT2D eigenvalue weighted by Crippen LogP contribution is -2.34. The Morgan fingerprint density at radius 3 is 2.46 bits per heavy atom. The number of alkyl halides is 3. The van der Waals surface area contributed by atoms with E-state index in [4.69, 9.17) is 23.8 Å². The number of carbonyl (C=O) groups excluding carboxylic acids is 1. The Morgan fingerprint density at radius 2 is 1.89 bits per heavy atom. The zero-order chi connectivity index (χ0) is 21.2. The molecule has 0 spiro atoms. The number of aryl methyl sites for hydroxylation is 1. The summed E-state index contributed by atoms with van der Waals surface area (Å²) in [6.45, 7) is 1.40. The van der Waals surface area contributed by atoms with Crippen molar-refractivity contribution in [1.82, 2.24) is 5.32 Å². The second-order valence-corrected chi connectivity index (χ2v) is 6.39. The number of phenols is 1. The minimum absolute atomic E-state index is 0.213. The van der Waals surface area contributed by atoms with Gasteiger partial charge in [-0.1, -0.05) is 11.6 Å². The van der Waals surface area contributed by atoms with E-state index in [0.29, 0.717) is 6.07 Å². The van der Waals surface area contributed by atoms with E-state index in [1.807, 2.05) is 0 Å². The maximum atomic E-state index is 12.9. The molecule has 1 amide bonds. The van der Waals surface area contributed by atoms with Gasteiger partial charge >= 0.3 is 6.18 Å². The van der Waals surface area contributed by atoms with E-state index >= 15 is 0 Å². The lowest BCUT2D eigenvalue weighted by Gasteiger charge is -2.13. The standard InChI is InChI=1S/C16H11ClF3N3O4S/c1-7-2-8(4-9(3-7)16(18,19)20)14(25)22-15(28)21-11-6-12(23(26)27)10(17)5-13(11)24/h2-6,24H,1H3,(H2,21,22,25,28). The van der Waals surface area contributed by atoms with Gasteiger partial charge in [0.2, 0.25) is 0 Å². The van der Waals surface area contributed by atoms with Crippen LogP contribution < -0.4 is 10.6 Å². The Balaban J connectivity index is 2.20. The minimum atomic E-state index is -4.63. The van der Waals surface area contributed by atoms with Gasteiger partial charge in [0.25, 0.3) is 11.6 Å². The highest BCUT2D eigenvalue weighted by molar-refractivity contribution is 7.80. The van der Waals surface area contributed by atoms with Crippen molar-refractivity contribution < 1.29 is 28.0 Å². The highest BCUT2D eigenvalue weighted by Gasteiger charge is 2.31. The Morgan fingerprint density at radius 1 is 1.25 bits per heavy atom. The molecule has 0 aliphatic heterocycles. The summed E-state index contributed by atoms with van der Waals surface area (Å²) in [5, 5.41) is 24.5. The molecule has 2 aromatic rings. The van der Waals surface area contributed by atoms with E-state index in [2.05, 4.69) is 10.6 Å². The van der Waals surface area contributed by atoms with Crippen molar-refractivity contribution in [3.63, 3.8) is 0 Å². The number of hydrogen-bond donors (Lipinski definition) is 3. The fourth-order valence-corrected chi connectivity index (χ4v) is 2.63. The predicted molar refractivity (Wildman–Crippen MR) is 99.6 cm³/mol. The number of anilines is 1. The molecule has 12 heteroatoms. The normalized spacial score (nSPS) is 11.0. The summed E-state index contributed by atoms with van der Waals surface area (Å²) in [6, 6.07) is 4.58. The summed E-state index contributed by atoms with van der Waals surface area (Å²) < 4.78 is 38.6. The molecule has 2 aromatic carbocycles. The molecule has 0 saturated carbocycles. The zero-order valence-electron chi connectivity index (χ0n) is 13.9. The van der Waals surface area contributed by atoms with Crippen LogP contribution in [0.5, 0.6) is 5.75 Å². The molecule has 0 fully saturated rings. The first kappa shape index (κ1) is 21.4. The molecule has 148 valence electrons. The number of thiocarbonyl (C=S) groups is 1. The average molecular weight is 434 g/mol. The third-order valence-corrected chi connectivity index (χ3v) is 3.91. The predicted octanol–water partition coefficient (Wildman–Crippen LogP) is 4.41. The molecule has 2 rings (SSSR count).